The van der Waals surface area contributed by atoms with Gasteiger partial charge in [0.1, 0.15) is 5.82 Å². The van der Waals surface area contributed by atoms with Gasteiger partial charge in [-0.05, 0) is 17.7 Å². The number of nitrogens with zero attached hydrogens (tertiary/aromatic N) is 1. The first-order valence-electron chi connectivity index (χ1n) is 8.62. The maximum Gasteiger partial charge on any atom is 0.338 e. The summed E-state index contributed by atoms with van der Waals surface area (Å²) >= 11 is 0. The zero-order chi connectivity index (χ0) is 20.7. The number of fused-ring (bicyclic) bond motifs is 1. The van der Waals surface area contributed by atoms with Crippen LogP contribution in [-0.4, -0.2) is 29.5 Å². The minimum Gasteiger partial charge on any atom is -0.465 e. The first-order chi connectivity index (χ1) is 13.9. The average molecular weight is 389 g/mol. The van der Waals surface area contributed by atoms with Crippen molar-refractivity contribution in [2.45, 2.75) is 0 Å². The van der Waals surface area contributed by atoms with Crippen LogP contribution in [0.2, 0.25) is 0 Å². The average Bonchev–Trinajstić information content (AvgIpc) is 3.01. The van der Waals surface area contributed by atoms with Crippen molar-refractivity contribution in [2.75, 3.05) is 12.8 Å². The molecule has 0 saturated heterocycles. The highest BCUT2D eigenvalue weighted by Crippen LogP contribution is 2.33. The van der Waals surface area contributed by atoms with E-state index in [1.807, 2.05) is 6.07 Å². The molecule has 4 rings (SSSR count). The molecular weight excluding hydrogens is 374 g/mol. The molecule has 8 heteroatoms. The Morgan fingerprint density at radius 1 is 0.966 bits per heavy atom. The highest BCUT2D eigenvalue weighted by atomic mass is 16.5. The number of methoxy groups -OCH3 is 1. The topological polar surface area (TPSA) is 120 Å². The van der Waals surface area contributed by atoms with E-state index < -0.39 is 23.3 Å². The summed E-state index contributed by atoms with van der Waals surface area (Å²) in [5, 5.41) is 2.13. The Hall–Kier alpha value is -4.20. The Labute approximate surface area is 164 Å². The van der Waals surface area contributed by atoms with E-state index in [4.69, 9.17) is 10.5 Å². The van der Waals surface area contributed by atoms with Crippen molar-refractivity contribution < 1.29 is 19.1 Å². The van der Waals surface area contributed by atoms with E-state index in [0.717, 1.165) is 10.6 Å². The lowest BCUT2D eigenvalue weighted by Gasteiger charge is -2.18. The minimum atomic E-state index is -0.679. The molecular formula is C21H15N3O5. The van der Waals surface area contributed by atoms with Crippen molar-refractivity contribution in [2.24, 2.45) is 0 Å². The zero-order valence-electron chi connectivity index (χ0n) is 15.3. The molecule has 0 spiro atoms. The summed E-state index contributed by atoms with van der Waals surface area (Å²) in [6, 6.07) is 14.8. The largest absolute Gasteiger partial charge is 0.465 e. The summed E-state index contributed by atoms with van der Waals surface area (Å²) in [5.74, 6) is -2.13. The van der Waals surface area contributed by atoms with Gasteiger partial charge in [0.15, 0.2) is 0 Å². The van der Waals surface area contributed by atoms with E-state index in [1.165, 1.54) is 7.11 Å². The lowest BCUT2D eigenvalue weighted by Crippen LogP contribution is -2.25. The Morgan fingerprint density at radius 2 is 1.69 bits per heavy atom. The predicted octanol–water partition coefficient (Wildman–Crippen LogP) is 1.76. The third-order valence-corrected chi connectivity index (χ3v) is 4.70. The number of hydrogen-bond acceptors (Lipinski definition) is 6. The number of benzene rings is 2. The second kappa shape index (κ2) is 6.75. The first kappa shape index (κ1) is 18.2. The number of nitrogen functional groups attached to an aromatic ring is 1. The molecule has 29 heavy (non-hydrogen) atoms. The smallest absolute Gasteiger partial charge is 0.338 e. The molecule has 0 bridgehead atoms. The van der Waals surface area contributed by atoms with Crippen molar-refractivity contribution in [3.8, 4) is 16.8 Å². The third-order valence-electron chi connectivity index (χ3n) is 4.70. The molecule has 2 heterocycles. The number of pyridine rings is 1. The van der Waals surface area contributed by atoms with Crippen molar-refractivity contribution in [3.63, 3.8) is 0 Å². The Kier molecular flexibility index (Phi) is 4.23. The number of hydrogen-bond donors (Lipinski definition) is 2. The number of nitrogens with two attached hydrogens (primary N) is 1. The van der Waals surface area contributed by atoms with Crippen LogP contribution < -0.4 is 16.6 Å². The first-order valence-corrected chi connectivity index (χ1v) is 8.62. The number of amides is 2. The van der Waals surface area contributed by atoms with Gasteiger partial charge < -0.3 is 10.5 Å². The van der Waals surface area contributed by atoms with Gasteiger partial charge in [-0.1, -0.05) is 36.4 Å². The highest BCUT2D eigenvalue weighted by Gasteiger charge is 2.32. The molecule has 0 saturated carbocycles. The van der Waals surface area contributed by atoms with E-state index in [9.17, 15) is 19.2 Å². The summed E-state index contributed by atoms with van der Waals surface area (Å²) in [5.41, 5.74) is 6.99. The normalized spacial score (nSPS) is 12.4. The number of esters is 1. The SMILES string of the molecule is COC(=O)c1cccc(-n2c(N)c3c(cc2=O)C(=O)NC3=O)c1-c1ccccc1. The molecule has 1 aromatic heterocycles. The van der Waals surface area contributed by atoms with Gasteiger partial charge in [0.2, 0.25) is 0 Å². The van der Waals surface area contributed by atoms with Gasteiger partial charge in [-0.2, -0.15) is 0 Å². The Balaban J connectivity index is 2.09. The van der Waals surface area contributed by atoms with Gasteiger partial charge >= 0.3 is 5.97 Å². The van der Waals surface area contributed by atoms with E-state index in [-0.39, 0.29) is 28.2 Å². The van der Waals surface area contributed by atoms with Crippen molar-refractivity contribution in [1.82, 2.24) is 9.88 Å². The molecule has 0 radical (unpaired) electrons. The quantitative estimate of drug-likeness (QED) is 0.520. The summed E-state index contributed by atoms with van der Waals surface area (Å²) in [6.07, 6.45) is 0. The van der Waals surface area contributed by atoms with Crippen LogP contribution in [0.1, 0.15) is 31.1 Å². The molecule has 2 aromatic carbocycles. The fourth-order valence-corrected chi connectivity index (χ4v) is 3.44. The van der Waals surface area contributed by atoms with Crippen molar-refractivity contribution in [1.29, 1.82) is 0 Å². The van der Waals surface area contributed by atoms with Crippen LogP contribution in [0.25, 0.3) is 16.8 Å². The van der Waals surface area contributed by atoms with Crippen LogP contribution in [0.5, 0.6) is 0 Å². The molecule has 3 aromatic rings. The second-order valence-corrected chi connectivity index (χ2v) is 6.33. The van der Waals surface area contributed by atoms with Crippen LogP contribution >= 0.6 is 0 Å². The fourth-order valence-electron chi connectivity index (χ4n) is 3.44. The zero-order valence-corrected chi connectivity index (χ0v) is 15.3. The number of imide groups is 1. The second-order valence-electron chi connectivity index (χ2n) is 6.33. The predicted molar refractivity (Wildman–Crippen MR) is 105 cm³/mol. The van der Waals surface area contributed by atoms with Crippen LogP contribution in [-0.2, 0) is 4.74 Å². The molecule has 3 N–H and O–H groups in total. The van der Waals surface area contributed by atoms with Crippen LogP contribution in [0.4, 0.5) is 5.82 Å². The number of carbonyl (C=O) groups excluding carboxylic acids is 3. The monoisotopic (exact) mass is 389 g/mol. The molecule has 0 fully saturated rings. The molecule has 2 amide bonds. The van der Waals surface area contributed by atoms with E-state index in [1.54, 1.807) is 42.5 Å². The highest BCUT2D eigenvalue weighted by molar-refractivity contribution is 6.23. The van der Waals surface area contributed by atoms with Gasteiger partial charge in [-0.25, -0.2) is 4.79 Å². The number of ether oxygens (including phenoxy) is 1. The van der Waals surface area contributed by atoms with Gasteiger partial charge in [0, 0.05) is 11.6 Å². The Morgan fingerprint density at radius 3 is 2.38 bits per heavy atom. The number of carbonyl (C=O) groups is 3. The number of anilines is 1. The lowest BCUT2D eigenvalue weighted by atomic mass is 9.97. The van der Waals surface area contributed by atoms with Gasteiger partial charge in [-0.15, -0.1) is 0 Å². The standard InChI is InChI=1S/C21H15N3O5/c1-29-21(28)12-8-5-9-14(16(12)11-6-3-2-4-7-11)24-15(25)10-13-17(18(24)22)20(27)23-19(13)26/h2-10H,22H2,1H3,(H,23,26,27). The van der Waals surface area contributed by atoms with Crippen LogP contribution in [0.15, 0.2) is 59.4 Å². The molecule has 144 valence electrons. The maximum absolute atomic E-state index is 12.9. The summed E-state index contributed by atoms with van der Waals surface area (Å²) in [7, 11) is 1.26. The third kappa shape index (κ3) is 2.78. The molecule has 1 aliphatic heterocycles. The molecule has 8 nitrogen and oxygen atoms in total. The number of nitrogens with one attached hydrogen (secondary N) is 1. The van der Waals surface area contributed by atoms with Crippen LogP contribution in [0.3, 0.4) is 0 Å². The number of aromatic nitrogens is 1. The number of rotatable bonds is 3. The van der Waals surface area contributed by atoms with Crippen LogP contribution in [0, 0.1) is 0 Å². The lowest BCUT2D eigenvalue weighted by molar-refractivity contribution is 0.0601. The van der Waals surface area contributed by atoms with E-state index in [0.29, 0.717) is 11.1 Å². The Bertz CT molecular complexity index is 1250. The molecule has 0 aliphatic carbocycles. The van der Waals surface area contributed by atoms with Gasteiger partial charge in [0.05, 0.1) is 29.5 Å². The van der Waals surface area contributed by atoms with Gasteiger partial charge in [-0.3, -0.25) is 24.3 Å². The molecule has 0 atom stereocenters. The maximum atomic E-state index is 12.9. The van der Waals surface area contributed by atoms with E-state index in [2.05, 4.69) is 5.32 Å². The summed E-state index contributed by atoms with van der Waals surface area (Å²) in [4.78, 5) is 49.3. The molecule has 0 unspecified atom stereocenters. The van der Waals surface area contributed by atoms with Gasteiger partial charge in [0.25, 0.3) is 17.4 Å². The molecule has 1 aliphatic rings. The van der Waals surface area contributed by atoms with E-state index >= 15 is 0 Å². The van der Waals surface area contributed by atoms with Crippen molar-refractivity contribution in [3.05, 3.63) is 81.6 Å². The minimum absolute atomic E-state index is 0.0702. The summed E-state index contributed by atoms with van der Waals surface area (Å²) < 4.78 is 6.01. The summed E-state index contributed by atoms with van der Waals surface area (Å²) in [6.45, 7) is 0. The van der Waals surface area contributed by atoms with Crippen molar-refractivity contribution >= 4 is 23.6 Å². The fraction of sp³-hybridized carbons (Fsp3) is 0.0476.